The Hall–Kier alpha value is -2.35. The number of nitrogens with zero attached hydrogens (tertiary/aromatic N) is 4. The topological polar surface area (TPSA) is 80.1 Å². The third-order valence-corrected chi connectivity index (χ3v) is 9.11. The van der Waals surface area contributed by atoms with Gasteiger partial charge in [0.05, 0.1) is 11.8 Å². The van der Waals surface area contributed by atoms with Crippen molar-refractivity contribution in [2.45, 2.75) is 122 Å². The summed E-state index contributed by atoms with van der Waals surface area (Å²) in [5, 5.41) is 12.9. The molecular formula is C30H45N5O2S. The van der Waals surface area contributed by atoms with Gasteiger partial charge in [-0.05, 0) is 57.6 Å². The van der Waals surface area contributed by atoms with Crippen molar-refractivity contribution in [2.24, 2.45) is 5.92 Å². The van der Waals surface area contributed by atoms with Crippen molar-refractivity contribution < 1.29 is 9.59 Å². The molecule has 208 valence electrons. The Labute approximate surface area is 232 Å². The molecule has 0 aliphatic heterocycles. The van der Waals surface area contributed by atoms with Crippen molar-refractivity contribution in [3.05, 3.63) is 41.2 Å². The lowest BCUT2D eigenvalue weighted by molar-refractivity contribution is -0.135. The lowest BCUT2D eigenvalue weighted by Crippen LogP contribution is -2.49. The Bertz CT molecular complexity index is 1040. The molecule has 4 rings (SSSR count). The molecule has 1 aromatic heterocycles. The average molecular weight is 540 g/mol. The van der Waals surface area contributed by atoms with Crippen LogP contribution in [0.15, 0.2) is 29.4 Å². The zero-order valence-corrected chi connectivity index (χ0v) is 24.4. The lowest BCUT2D eigenvalue weighted by Gasteiger charge is -2.41. The van der Waals surface area contributed by atoms with E-state index in [0.717, 1.165) is 42.2 Å². The van der Waals surface area contributed by atoms with Crippen LogP contribution in [-0.4, -0.2) is 49.3 Å². The summed E-state index contributed by atoms with van der Waals surface area (Å²) < 4.78 is 2.06. The van der Waals surface area contributed by atoms with Gasteiger partial charge in [-0.2, -0.15) is 0 Å². The highest BCUT2D eigenvalue weighted by Gasteiger charge is 2.33. The zero-order chi connectivity index (χ0) is 27.1. The second-order valence-electron chi connectivity index (χ2n) is 11.3. The normalized spacial score (nSPS) is 17.9. The Morgan fingerprint density at radius 3 is 2.08 bits per heavy atom. The summed E-state index contributed by atoms with van der Waals surface area (Å²) in [6.45, 7) is 8.91. The molecule has 0 saturated heterocycles. The van der Waals surface area contributed by atoms with Crippen LogP contribution in [-0.2, 0) is 11.3 Å². The fourth-order valence-electron chi connectivity index (χ4n) is 6.02. The number of amides is 2. The van der Waals surface area contributed by atoms with Crippen molar-refractivity contribution in [2.75, 3.05) is 5.75 Å². The van der Waals surface area contributed by atoms with E-state index >= 15 is 0 Å². The van der Waals surface area contributed by atoms with Gasteiger partial charge in [-0.1, -0.05) is 81.8 Å². The first-order valence-electron chi connectivity index (χ1n) is 14.6. The number of aryl methyl sites for hydroxylation is 1. The van der Waals surface area contributed by atoms with Crippen LogP contribution in [0, 0.1) is 12.8 Å². The maximum absolute atomic E-state index is 13.7. The summed E-state index contributed by atoms with van der Waals surface area (Å²) in [6, 6.07) is 8.10. The van der Waals surface area contributed by atoms with E-state index in [2.05, 4.69) is 45.8 Å². The number of hydrogen-bond donors (Lipinski definition) is 1. The van der Waals surface area contributed by atoms with E-state index in [1.54, 1.807) is 0 Å². The van der Waals surface area contributed by atoms with Gasteiger partial charge in [0.25, 0.3) is 5.91 Å². The molecule has 7 nitrogen and oxygen atoms in total. The SMILES string of the molecule is CCn1c(SCC(=O)N(C2CCCCC2)C2CCCCC2)nnc1[C@@H](NC(=O)c1ccc(C)cc1)C(C)C. The van der Waals surface area contributed by atoms with Gasteiger partial charge in [0.2, 0.25) is 5.91 Å². The fraction of sp³-hybridized carbons (Fsp3) is 0.667. The minimum atomic E-state index is -0.276. The minimum absolute atomic E-state index is 0.116. The number of nitrogens with one attached hydrogen (secondary N) is 1. The molecule has 0 radical (unpaired) electrons. The second kappa shape index (κ2) is 13.6. The molecule has 2 aliphatic rings. The van der Waals surface area contributed by atoms with E-state index < -0.39 is 0 Å². The van der Waals surface area contributed by atoms with Gasteiger partial charge in [0.15, 0.2) is 11.0 Å². The molecule has 2 amide bonds. The Kier molecular flexibility index (Phi) is 10.3. The standard InChI is InChI=1S/C30H45N5O2S/c1-5-34-28(27(21(2)3)31-29(37)23-18-16-22(4)17-19-23)32-33-30(34)38-20-26(36)35(24-12-8-6-9-13-24)25-14-10-7-11-15-25/h16-19,21,24-25,27H,5-15,20H2,1-4H3,(H,31,37)/t27-/m0/s1. The van der Waals surface area contributed by atoms with Gasteiger partial charge in [0.1, 0.15) is 0 Å². The molecule has 1 aromatic carbocycles. The zero-order valence-electron chi connectivity index (χ0n) is 23.6. The smallest absolute Gasteiger partial charge is 0.251 e. The van der Waals surface area contributed by atoms with Crippen LogP contribution >= 0.6 is 11.8 Å². The largest absolute Gasteiger partial charge is 0.342 e. The molecule has 1 atom stereocenters. The van der Waals surface area contributed by atoms with Crippen LogP contribution in [0.5, 0.6) is 0 Å². The van der Waals surface area contributed by atoms with Crippen LogP contribution in [0.1, 0.15) is 113 Å². The number of rotatable bonds is 10. The number of carbonyl (C=O) groups is 2. The Morgan fingerprint density at radius 2 is 1.55 bits per heavy atom. The van der Waals surface area contributed by atoms with Gasteiger partial charge < -0.3 is 14.8 Å². The van der Waals surface area contributed by atoms with E-state index in [1.807, 2.05) is 31.2 Å². The maximum Gasteiger partial charge on any atom is 0.251 e. The van der Waals surface area contributed by atoms with Crippen LogP contribution in [0.3, 0.4) is 0 Å². The number of hydrogen-bond acceptors (Lipinski definition) is 5. The Balaban J connectivity index is 1.47. The highest BCUT2D eigenvalue weighted by molar-refractivity contribution is 7.99. The van der Waals surface area contributed by atoms with E-state index in [9.17, 15) is 9.59 Å². The van der Waals surface area contributed by atoms with Crippen LogP contribution < -0.4 is 5.32 Å². The molecule has 38 heavy (non-hydrogen) atoms. The fourth-order valence-corrected chi connectivity index (χ4v) is 6.90. The van der Waals surface area contributed by atoms with Gasteiger partial charge in [-0.15, -0.1) is 10.2 Å². The molecule has 2 aliphatic carbocycles. The molecule has 0 unspecified atom stereocenters. The molecule has 2 saturated carbocycles. The van der Waals surface area contributed by atoms with E-state index in [1.165, 1.54) is 50.3 Å². The molecule has 2 aromatic rings. The molecule has 1 heterocycles. The molecule has 0 bridgehead atoms. The predicted molar refractivity (Wildman–Crippen MR) is 153 cm³/mol. The minimum Gasteiger partial charge on any atom is -0.342 e. The monoisotopic (exact) mass is 539 g/mol. The van der Waals surface area contributed by atoms with Crippen molar-refractivity contribution in [3.8, 4) is 0 Å². The summed E-state index contributed by atoms with van der Waals surface area (Å²) in [5.41, 5.74) is 1.75. The average Bonchev–Trinajstić information content (AvgIpc) is 3.34. The predicted octanol–water partition coefficient (Wildman–Crippen LogP) is 6.32. The second-order valence-corrected chi connectivity index (χ2v) is 12.3. The summed E-state index contributed by atoms with van der Waals surface area (Å²) in [5.74, 6) is 1.39. The van der Waals surface area contributed by atoms with Crippen LogP contribution in [0.2, 0.25) is 0 Å². The van der Waals surface area contributed by atoms with Crippen molar-refractivity contribution in [1.82, 2.24) is 25.0 Å². The maximum atomic E-state index is 13.7. The summed E-state index contributed by atoms with van der Waals surface area (Å²) >= 11 is 1.49. The molecule has 0 spiro atoms. The first kappa shape index (κ1) is 28.7. The number of benzene rings is 1. The first-order valence-corrected chi connectivity index (χ1v) is 15.6. The van der Waals surface area contributed by atoms with Gasteiger partial charge in [-0.25, -0.2) is 0 Å². The van der Waals surface area contributed by atoms with E-state index in [0.29, 0.717) is 29.9 Å². The number of carbonyl (C=O) groups excluding carboxylic acids is 2. The Morgan fingerprint density at radius 1 is 0.974 bits per heavy atom. The molecule has 2 fully saturated rings. The van der Waals surface area contributed by atoms with Gasteiger partial charge in [0, 0.05) is 24.2 Å². The van der Waals surface area contributed by atoms with Crippen LogP contribution in [0.25, 0.3) is 0 Å². The molecule has 8 heteroatoms. The van der Waals surface area contributed by atoms with Gasteiger partial charge >= 0.3 is 0 Å². The van der Waals surface area contributed by atoms with E-state index in [4.69, 9.17) is 0 Å². The van der Waals surface area contributed by atoms with E-state index in [-0.39, 0.29) is 23.8 Å². The highest BCUT2D eigenvalue weighted by Crippen LogP contribution is 2.32. The first-order chi connectivity index (χ1) is 18.4. The summed E-state index contributed by atoms with van der Waals surface area (Å²) in [7, 11) is 0. The quantitative estimate of drug-likeness (QED) is 0.357. The number of aromatic nitrogens is 3. The summed E-state index contributed by atoms with van der Waals surface area (Å²) in [4.78, 5) is 29.0. The molecule has 1 N–H and O–H groups in total. The number of thioether (sulfide) groups is 1. The van der Waals surface area contributed by atoms with Crippen molar-refractivity contribution in [1.29, 1.82) is 0 Å². The van der Waals surface area contributed by atoms with Crippen molar-refractivity contribution in [3.63, 3.8) is 0 Å². The summed E-state index contributed by atoms with van der Waals surface area (Å²) in [6.07, 6.45) is 12.0. The van der Waals surface area contributed by atoms with Crippen LogP contribution in [0.4, 0.5) is 0 Å². The highest BCUT2D eigenvalue weighted by atomic mass is 32.2. The van der Waals surface area contributed by atoms with Crippen molar-refractivity contribution >= 4 is 23.6 Å². The van der Waals surface area contributed by atoms with Gasteiger partial charge in [-0.3, -0.25) is 9.59 Å². The third kappa shape index (κ3) is 6.99. The third-order valence-electron chi connectivity index (χ3n) is 8.16. The molecular weight excluding hydrogens is 494 g/mol. The lowest BCUT2D eigenvalue weighted by atomic mass is 9.88.